The first-order valence-electron chi connectivity index (χ1n) is 4.89. The van der Waals surface area contributed by atoms with Gasteiger partial charge in [0, 0.05) is 24.0 Å². The maximum absolute atomic E-state index is 13.0. The number of carbonyl (C=O) groups excluding carboxylic acids is 1. The molecule has 1 aliphatic heterocycles. The van der Waals surface area contributed by atoms with Crippen LogP contribution in [0.15, 0.2) is 24.3 Å². The highest BCUT2D eigenvalue weighted by molar-refractivity contribution is 7.99. The van der Waals surface area contributed by atoms with E-state index in [1.807, 2.05) is 6.07 Å². The SMILES string of the molecule is O=C1C[C@H](c2cccc(F)c2)SCCN1. The molecule has 0 aromatic heterocycles. The molecule has 0 saturated carbocycles. The van der Waals surface area contributed by atoms with Crippen molar-refractivity contribution in [3.05, 3.63) is 35.6 Å². The highest BCUT2D eigenvalue weighted by Gasteiger charge is 2.19. The first kappa shape index (κ1) is 10.5. The Morgan fingerprint density at radius 2 is 2.33 bits per heavy atom. The average molecular weight is 225 g/mol. The van der Waals surface area contributed by atoms with Crippen molar-refractivity contribution in [2.24, 2.45) is 0 Å². The summed E-state index contributed by atoms with van der Waals surface area (Å²) in [6.07, 6.45) is 0.439. The van der Waals surface area contributed by atoms with Gasteiger partial charge in [-0.3, -0.25) is 4.79 Å². The van der Waals surface area contributed by atoms with Crippen LogP contribution in [0.5, 0.6) is 0 Å². The molecule has 1 heterocycles. The molecule has 0 spiro atoms. The molecule has 0 radical (unpaired) electrons. The summed E-state index contributed by atoms with van der Waals surface area (Å²) in [4.78, 5) is 11.3. The second-order valence-corrected chi connectivity index (χ2v) is 4.78. The fourth-order valence-electron chi connectivity index (χ4n) is 1.61. The lowest BCUT2D eigenvalue weighted by Crippen LogP contribution is -2.23. The van der Waals surface area contributed by atoms with Crippen LogP contribution >= 0.6 is 11.8 Å². The van der Waals surface area contributed by atoms with Crippen molar-refractivity contribution in [3.63, 3.8) is 0 Å². The predicted octanol–water partition coefficient (Wildman–Crippen LogP) is 2.12. The van der Waals surface area contributed by atoms with Crippen LogP contribution in [0.2, 0.25) is 0 Å². The Kier molecular flexibility index (Phi) is 3.26. The predicted molar refractivity (Wildman–Crippen MR) is 59.2 cm³/mol. The fourth-order valence-corrected chi connectivity index (χ4v) is 2.72. The smallest absolute Gasteiger partial charge is 0.221 e. The molecule has 4 heteroatoms. The molecule has 0 unspecified atom stereocenters. The van der Waals surface area contributed by atoms with E-state index in [-0.39, 0.29) is 17.0 Å². The van der Waals surface area contributed by atoms with Gasteiger partial charge in [-0.1, -0.05) is 12.1 Å². The van der Waals surface area contributed by atoms with E-state index in [1.54, 1.807) is 17.8 Å². The highest BCUT2D eigenvalue weighted by atomic mass is 32.2. The van der Waals surface area contributed by atoms with Crippen molar-refractivity contribution in [2.45, 2.75) is 11.7 Å². The topological polar surface area (TPSA) is 29.1 Å². The van der Waals surface area contributed by atoms with E-state index in [0.29, 0.717) is 13.0 Å². The van der Waals surface area contributed by atoms with Gasteiger partial charge in [0.15, 0.2) is 0 Å². The lowest BCUT2D eigenvalue weighted by atomic mass is 10.1. The van der Waals surface area contributed by atoms with Crippen molar-refractivity contribution in [3.8, 4) is 0 Å². The molecule has 1 fully saturated rings. The van der Waals surface area contributed by atoms with Gasteiger partial charge < -0.3 is 5.32 Å². The van der Waals surface area contributed by atoms with Crippen LogP contribution in [0.1, 0.15) is 17.2 Å². The van der Waals surface area contributed by atoms with Crippen LogP contribution in [0, 0.1) is 5.82 Å². The molecule has 1 aromatic rings. The summed E-state index contributed by atoms with van der Waals surface area (Å²) < 4.78 is 13.0. The summed E-state index contributed by atoms with van der Waals surface area (Å²) in [6.45, 7) is 0.704. The number of hydrogen-bond donors (Lipinski definition) is 1. The number of benzene rings is 1. The van der Waals surface area contributed by atoms with E-state index in [0.717, 1.165) is 11.3 Å². The van der Waals surface area contributed by atoms with E-state index in [2.05, 4.69) is 5.32 Å². The van der Waals surface area contributed by atoms with Gasteiger partial charge in [-0.15, -0.1) is 0 Å². The number of hydrogen-bond acceptors (Lipinski definition) is 2. The molecule has 15 heavy (non-hydrogen) atoms. The second kappa shape index (κ2) is 4.66. The summed E-state index contributed by atoms with van der Waals surface area (Å²) in [7, 11) is 0. The zero-order valence-corrected chi connectivity index (χ0v) is 9.02. The Labute approximate surface area is 92.3 Å². The quantitative estimate of drug-likeness (QED) is 0.793. The molecule has 80 valence electrons. The molecule has 1 N–H and O–H groups in total. The number of halogens is 1. The van der Waals surface area contributed by atoms with Gasteiger partial charge in [-0.05, 0) is 17.7 Å². The number of rotatable bonds is 1. The van der Waals surface area contributed by atoms with Crippen molar-refractivity contribution in [2.75, 3.05) is 12.3 Å². The van der Waals surface area contributed by atoms with E-state index in [1.165, 1.54) is 12.1 Å². The fraction of sp³-hybridized carbons (Fsp3) is 0.364. The van der Waals surface area contributed by atoms with Crippen molar-refractivity contribution in [1.29, 1.82) is 0 Å². The Bertz CT molecular complexity index is 369. The Morgan fingerprint density at radius 1 is 1.47 bits per heavy atom. The summed E-state index contributed by atoms with van der Waals surface area (Å²) in [5, 5.41) is 2.89. The van der Waals surface area contributed by atoms with E-state index in [4.69, 9.17) is 0 Å². The van der Waals surface area contributed by atoms with Crippen LogP contribution in [0.4, 0.5) is 4.39 Å². The first-order chi connectivity index (χ1) is 7.25. The minimum atomic E-state index is -0.238. The van der Waals surface area contributed by atoms with E-state index < -0.39 is 0 Å². The lowest BCUT2D eigenvalue weighted by molar-refractivity contribution is -0.120. The average Bonchev–Trinajstić information content (AvgIpc) is 2.43. The third kappa shape index (κ3) is 2.72. The minimum Gasteiger partial charge on any atom is -0.355 e. The van der Waals surface area contributed by atoms with Gasteiger partial charge >= 0.3 is 0 Å². The summed E-state index contributed by atoms with van der Waals surface area (Å²) in [6, 6.07) is 6.49. The highest BCUT2D eigenvalue weighted by Crippen LogP contribution is 2.33. The van der Waals surface area contributed by atoms with Gasteiger partial charge in [-0.2, -0.15) is 11.8 Å². The molecule has 1 amide bonds. The molecule has 2 nitrogen and oxygen atoms in total. The first-order valence-corrected chi connectivity index (χ1v) is 5.94. The van der Waals surface area contributed by atoms with Crippen LogP contribution < -0.4 is 5.32 Å². The van der Waals surface area contributed by atoms with Crippen LogP contribution in [-0.2, 0) is 4.79 Å². The summed E-state index contributed by atoms with van der Waals surface area (Å²) >= 11 is 1.70. The largest absolute Gasteiger partial charge is 0.355 e. The molecule has 1 saturated heterocycles. The minimum absolute atomic E-state index is 0.0502. The summed E-state index contributed by atoms with van der Waals surface area (Å²) in [5.74, 6) is 0.694. The normalized spacial score (nSPS) is 21.9. The lowest BCUT2D eigenvalue weighted by Gasteiger charge is -2.12. The van der Waals surface area contributed by atoms with Crippen molar-refractivity contribution < 1.29 is 9.18 Å². The molecule has 1 aliphatic rings. The molecular weight excluding hydrogens is 213 g/mol. The Balaban J connectivity index is 2.18. The Morgan fingerprint density at radius 3 is 3.13 bits per heavy atom. The van der Waals surface area contributed by atoms with Crippen LogP contribution in [0.25, 0.3) is 0 Å². The molecule has 2 rings (SSSR count). The number of nitrogens with one attached hydrogen (secondary N) is 1. The van der Waals surface area contributed by atoms with Crippen LogP contribution in [-0.4, -0.2) is 18.2 Å². The Hall–Kier alpha value is -1.03. The number of carbonyl (C=O) groups is 1. The third-order valence-electron chi connectivity index (χ3n) is 2.33. The van der Waals surface area contributed by atoms with Crippen LogP contribution in [0.3, 0.4) is 0 Å². The second-order valence-electron chi connectivity index (χ2n) is 3.47. The van der Waals surface area contributed by atoms with Crippen molar-refractivity contribution in [1.82, 2.24) is 5.32 Å². The molecule has 1 atom stereocenters. The molecule has 0 bridgehead atoms. The van der Waals surface area contributed by atoms with Crippen molar-refractivity contribution >= 4 is 17.7 Å². The standard InChI is InChI=1S/C11H12FNOS/c12-9-3-1-2-8(6-9)10-7-11(14)13-4-5-15-10/h1-3,6,10H,4-5,7H2,(H,13,14)/t10-/m1/s1. The van der Waals surface area contributed by atoms with Gasteiger partial charge in [0.05, 0.1) is 0 Å². The number of thioether (sulfide) groups is 1. The maximum atomic E-state index is 13.0. The molecular formula is C11H12FNOS. The van der Waals surface area contributed by atoms with Gasteiger partial charge in [-0.25, -0.2) is 4.39 Å². The molecule has 0 aliphatic carbocycles. The van der Waals surface area contributed by atoms with Gasteiger partial charge in [0.2, 0.25) is 5.91 Å². The third-order valence-corrected chi connectivity index (χ3v) is 3.62. The van der Waals surface area contributed by atoms with E-state index >= 15 is 0 Å². The zero-order chi connectivity index (χ0) is 10.7. The number of amides is 1. The summed E-state index contributed by atoms with van der Waals surface area (Å²) in [5.41, 5.74) is 0.900. The zero-order valence-electron chi connectivity index (χ0n) is 8.20. The molecule has 1 aromatic carbocycles. The van der Waals surface area contributed by atoms with Gasteiger partial charge in [0.25, 0.3) is 0 Å². The van der Waals surface area contributed by atoms with Gasteiger partial charge in [0.1, 0.15) is 5.82 Å². The monoisotopic (exact) mass is 225 g/mol. The maximum Gasteiger partial charge on any atom is 0.221 e. The van der Waals surface area contributed by atoms with E-state index in [9.17, 15) is 9.18 Å².